The smallest absolute Gasteiger partial charge is 0.292 e. The van der Waals surface area contributed by atoms with E-state index in [1.54, 1.807) is 24.5 Å². The van der Waals surface area contributed by atoms with Gasteiger partial charge < -0.3 is 5.32 Å². The fraction of sp³-hybridized carbons (Fsp3) is 0.231. The highest BCUT2D eigenvalue weighted by Gasteiger charge is 2.13. The van der Waals surface area contributed by atoms with Crippen molar-refractivity contribution in [2.24, 2.45) is 0 Å². The molecule has 0 aliphatic heterocycles. The lowest BCUT2D eigenvalue weighted by atomic mass is 10.2. The topological polar surface area (TPSA) is 81.0 Å². The van der Waals surface area contributed by atoms with Gasteiger partial charge in [-0.3, -0.25) is 20.1 Å². The molecular weight excluding hydrogens is 244 g/mol. The number of hydrogen-bond donors (Lipinski definition) is 1. The van der Waals surface area contributed by atoms with Crippen LogP contribution in [-0.4, -0.2) is 14.9 Å². The van der Waals surface area contributed by atoms with E-state index in [0.29, 0.717) is 12.2 Å². The van der Waals surface area contributed by atoms with Crippen molar-refractivity contribution in [1.82, 2.24) is 9.97 Å². The predicted molar refractivity (Wildman–Crippen MR) is 71.9 cm³/mol. The third-order valence-electron chi connectivity index (χ3n) is 2.64. The molecule has 0 aliphatic carbocycles. The summed E-state index contributed by atoms with van der Waals surface area (Å²) in [6.07, 6.45) is 3.32. The zero-order valence-corrected chi connectivity index (χ0v) is 10.8. The summed E-state index contributed by atoms with van der Waals surface area (Å²) < 4.78 is 0. The van der Waals surface area contributed by atoms with E-state index in [9.17, 15) is 10.1 Å². The molecule has 6 nitrogen and oxygen atoms in total. The normalized spacial score (nSPS) is 10.2. The maximum absolute atomic E-state index is 11.0. The van der Waals surface area contributed by atoms with Crippen LogP contribution in [0.4, 0.5) is 11.4 Å². The minimum absolute atomic E-state index is 0.0695. The van der Waals surface area contributed by atoms with E-state index in [1.807, 2.05) is 19.9 Å². The first-order valence-corrected chi connectivity index (χ1v) is 5.82. The Bertz CT molecular complexity index is 596. The second kappa shape index (κ2) is 5.43. The van der Waals surface area contributed by atoms with Gasteiger partial charge in [0, 0.05) is 12.3 Å². The zero-order chi connectivity index (χ0) is 13.8. The highest BCUT2D eigenvalue weighted by atomic mass is 16.6. The number of anilines is 1. The minimum atomic E-state index is -0.393. The van der Waals surface area contributed by atoms with Crippen molar-refractivity contribution < 1.29 is 4.92 Å². The summed E-state index contributed by atoms with van der Waals surface area (Å²) in [5, 5.41) is 14.0. The first-order chi connectivity index (χ1) is 9.06. The van der Waals surface area contributed by atoms with Crippen LogP contribution in [0.2, 0.25) is 0 Å². The van der Waals surface area contributed by atoms with Crippen molar-refractivity contribution in [3.05, 3.63) is 57.7 Å². The van der Waals surface area contributed by atoms with Gasteiger partial charge in [0.1, 0.15) is 5.69 Å². The van der Waals surface area contributed by atoms with E-state index in [4.69, 9.17) is 0 Å². The summed E-state index contributed by atoms with van der Waals surface area (Å²) in [4.78, 5) is 18.9. The quantitative estimate of drug-likeness (QED) is 0.673. The summed E-state index contributed by atoms with van der Waals surface area (Å²) in [5.74, 6) is 0. The maximum Gasteiger partial charge on any atom is 0.292 e. The van der Waals surface area contributed by atoms with Gasteiger partial charge in [-0.15, -0.1) is 0 Å². The van der Waals surface area contributed by atoms with Gasteiger partial charge in [-0.05, 0) is 25.5 Å². The third kappa shape index (κ3) is 3.25. The summed E-state index contributed by atoms with van der Waals surface area (Å²) in [6, 6.07) is 5.08. The van der Waals surface area contributed by atoms with Crippen LogP contribution in [0.15, 0.2) is 30.6 Å². The first-order valence-electron chi connectivity index (χ1n) is 5.82. The molecule has 0 atom stereocenters. The lowest BCUT2D eigenvalue weighted by molar-refractivity contribution is -0.384. The number of hydrogen-bond acceptors (Lipinski definition) is 5. The molecule has 0 bridgehead atoms. The van der Waals surface area contributed by atoms with Gasteiger partial charge in [0.25, 0.3) is 5.69 Å². The standard InChI is InChI=1S/C13H14N4O2/c1-9-3-4-12(13(5-9)17(18)19)16-8-11-7-14-10(2)6-15-11/h3-7,16H,8H2,1-2H3. The molecule has 0 fully saturated rings. The Morgan fingerprint density at radius 1 is 1.26 bits per heavy atom. The monoisotopic (exact) mass is 258 g/mol. The van der Waals surface area contributed by atoms with Crippen molar-refractivity contribution in [3.63, 3.8) is 0 Å². The van der Waals surface area contributed by atoms with Crippen LogP contribution >= 0.6 is 0 Å². The van der Waals surface area contributed by atoms with Crippen LogP contribution in [0.3, 0.4) is 0 Å². The third-order valence-corrected chi connectivity index (χ3v) is 2.64. The summed E-state index contributed by atoms with van der Waals surface area (Å²) in [5.41, 5.74) is 2.98. The van der Waals surface area contributed by atoms with Gasteiger partial charge in [-0.2, -0.15) is 0 Å². The summed E-state index contributed by atoms with van der Waals surface area (Å²) in [7, 11) is 0. The minimum Gasteiger partial charge on any atom is -0.374 e. The lowest BCUT2D eigenvalue weighted by Crippen LogP contribution is -2.05. The largest absolute Gasteiger partial charge is 0.374 e. The molecule has 0 saturated heterocycles. The number of aryl methyl sites for hydroxylation is 2. The Morgan fingerprint density at radius 2 is 2.05 bits per heavy atom. The van der Waals surface area contributed by atoms with Crippen molar-refractivity contribution in [1.29, 1.82) is 0 Å². The van der Waals surface area contributed by atoms with E-state index >= 15 is 0 Å². The number of nitro benzene ring substituents is 1. The molecule has 19 heavy (non-hydrogen) atoms. The number of nitrogens with zero attached hydrogens (tertiary/aromatic N) is 3. The molecule has 0 aliphatic rings. The highest BCUT2D eigenvalue weighted by Crippen LogP contribution is 2.25. The highest BCUT2D eigenvalue weighted by molar-refractivity contribution is 5.62. The molecule has 1 N–H and O–H groups in total. The first kappa shape index (κ1) is 12.9. The van der Waals surface area contributed by atoms with Crippen LogP contribution in [0, 0.1) is 24.0 Å². The number of benzene rings is 1. The Balaban J connectivity index is 2.15. The molecule has 98 valence electrons. The van der Waals surface area contributed by atoms with Gasteiger partial charge >= 0.3 is 0 Å². The molecule has 2 aromatic rings. The van der Waals surface area contributed by atoms with E-state index in [1.165, 1.54) is 0 Å². The molecule has 0 spiro atoms. The molecular formula is C13H14N4O2. The molecule has 0 saturated carbocycles. The van der Waals surface area contributed by atoms with Gasteiger partial charge in [-0.25, -0.2) is 0 Å². The molecule has 0 radical (unpaired) electrons. The molecule has 2 rings (SSSR count). The van der Waals surface area contributed by atoms with E-state index < -0.39 is 4.92 Å². The molecule has 1 heterocycles. The van der Waals surface area contributed by atoms with Gasteiger partial charge in [0.15, 0.2) is 0 Å². The fourth-order valence-electron chi connectivity index (χ4n) is 1.64. The SMILES string of the molecule is Cc1ccc(NCc2cnc(C)cn2)c([N+](=O)[O-])c1. The molecule has 6 heteroatoms. The van der Waals surface area contributed by atoms with Crippen molar-refractivity contribution in [2.45, 2.75) is 20.4 Å². The maximum atomic E-state index is 11.0. The van der Waals surface area contributed by atoms with Gasteiger partial charge in [0.05, 0.1) is 29.1 Å². The fourth-order valence-corrected chi connectivity index (χ4v) is 1.64. The molecule has 0 unspecified atom stereocenters. The van der Waals surface area contributed by atoms with Crippen LogP contribution in [0.25, 0.3) is 0 Å². The van der Waals surface area contributed by atoms with Crippen molar-refractivity contribution >= 4 is 11.4 Å². The van der Waals surface area contributed by atoms with E-state index in [0.717, 1.165) is 17.0 Å². The number of nitro groups is 1. The van der Waals surface area contributed by atoms with Crippen LogP contribution in [0.5, 0.6) is 0 Å². The second-order valence-electron chi connectivity index (χ2n) is 4.28. The Kier molecular flexibility index (Phi) is 3.70. The Labute approximate surface area is 110 Å². The number of rotatable bonds is 4. The van der Waals surface area contributed by atoms with Crippen molar-refractivity contribution in [3.8, 4) is 0 Å². The summed E-state index contributed by atoms with van der Waals surface area (Å²) in [6.45, 7) is 4.08. The predicted octanol–water partition coefficient (Wildman–Crippen LogP) is 2.61. The van der Waals surface area contributed by atoms with Gasteiger partial charge in [-0.1, -0.05) is 6.07 Å². The summed E-state index contributed by atoms with van der Waals surface area (Å²) >= 11 is 0. The Morgan fingerprint density at radius 3 is 2.68 bits per heavy atom. The van der Waals surface area contributed by atoms with Crippen molar-refractivity contribution in [2.75, 3.05) is 5.32 Å². The van der Waals surface area contributed by atoms with E-state index in [-0.39, 0.29) is 5.69 Å². The van der Waals surface area contributed by atoms with Crippen LogP contribution in [-0.2, 0) is 6.54 Å². The molecule has 1 aromatic carbocycles. The molecule has 1 aromatic heterocycles. The Hall–Kier alpha value is -2.50. The average Bonchev–Trinajstić information content (AvgIpc) is 2.39. The lowest BCUT2D eigenvalue weighted by Gasteiger charge is -2.07. The van der Waals surface area contributed by atoms with Crippen LogP contribution < -0.4 is 5.32 Å². The number of aromatic nitrogens is 2. The van der Waals surface area contributed by atoms with Crippen LogP contribution in [0.1, 0.15) is 17.0 Å². The zero-order valence-electron chi connectivity index (χ0n) is 10.8. The molecule has 0 amide bonds. The van der Waals surface area contributed by atoms with Gasteiger partial charge in [0.2, 0.25) is 0 Å². The second-order valence-corrected chi connectivity index (χ2v) is 4.28. The van der Waals surface area contributed by atoms with E-state index in [2.05, 4.69) is 15.3 Å². The number of nitrogens with one attached hydrogen (secondary N) is 1. The average molecular weight is 258 g/mol.